The molecule has 2 rings (SSSR count). The molecule has 0 aliphatic rings. The van der Waals surface area contributed by atoms with Gasteiger partial charge in [-0.25, -0.2) is 0 Å². The lowest BCUT2D eigenvalue weighted by Crippen LogP contribution is -2.06. The SMILES string of the molecule is COc1ccc2cc(O)cc(NC(C)=O)c2c1. The molecule has 0 spiro atoms. The number of carbonyl (C=O) groups excluding carboxylic acids is 1. The average Bonchev–Trinajstić information content (AvgIpc) is 2.27. The Morgan fingerprint density at radius 3 is 2.71 bits per heavy atom. The fourth-order valence-corrected chi connectivity index (χ4v) is 1.74. The quantitative estimate of drug-likeness (QED) is 0.834. The number of hydrogen-bond donors (Lipinski definition) is 2. The normalized spacial score (nSPS) is 10.2. The molecule has 2 N–H and O–H groups in total. The minimum absolute atomic E-state index is 0.117. The number of fused-ring (bicyclic) bond motifs is 1. The Labute approximate surface area is 98.8 Å². The standard InChI is InChI=1S/C13H13NO3/c1-8(15)14-13-6-10(16)5-9-3-4-11(17-2)7-12(9)13/h3-7,16H,1-2H3,(H,14,15). The molecule has 0 bridgehead atoms. The summed E-state index contributed by atoms with van der Waals surface area (Å²) in [6.07, 6.45) is 0. The van der Waals surface area contributed by atoms with E-state index in [2.05, 4.69) is 5.32 Å². The van der Waals surface area contributed by atoms with Gasteiger partial charge in [-0.3, -0.25) is 4.79 Å². The van der Waals surface area contributed by atoms with Crippen molar-refractivity contribution >= 4 is 22.4 Å². The molecule has 2 aromatic rings. The van der Waals surface area contributed by atoms with Gasteiger partial charge in [0.05, 0.1) is 12.8 Å². The summed E-state index contributed by atoms with van der Waals surface area (Å²) in [5.41, 5.74) is 0.575. The van der Waals surface area contributed by atoms with Crippen LogP contribution in [0.25, 0.3) is 10.8 Å². The van der Waals surface area contributed by atoms with E-state index in [1.54, 1.807) is 19.2 Å². The van der Waals surface area contributed by atoms with Gasteiger partial charge in [-0.2, -0.15) is 0 Å². The van der Waals surface area contributed by atoms with Crippen LogP contribution in [0.1, 0.15) is 6.92 Å². The van der Waals surface area contributed by atoms with Gasteiger partial charge in [0.25, 0.3) is 0 Å². The van der Waals surface area contributed by atoms with E-state index in [9.17, 15) is 9.90 Å². The number of phenolic OH excluding ortho intramolecular Hbond substituents is 1. The summed E-state index contributed by atoms with van der Waals surface area (Å²) < 4.78 is 5.14. The summed E-state index contributed by atoms with van der Waals surface area (Å²) in [5, 5.41) is 13.9. The highest BCUT2D eigenvalue weighted by Crippen LogP contribution is 2.31. The molecule has 0 unspecified atom stereocenters. The zero-order valence-corrected chi connectivity index (χ0v) is 9.65. The van der Waals surface area contributed by atoms with Crippen LogP contribution in [0.5, 0.6) is 11.5 Å². The summed E-state index contributed by atoms with van der Waals surface area (Å²) in [6, 6.07) is 8.61. The van der Waals surface area contributed by atoms with Crippen LogP contribution in [0.4, 0.5) is 5.69 Å². The second-order valence-corrected chi connectivity index (χ2v) is 3.76. The average molecular weight is 231 g/mol. The molecule has 0 radical (unpaired) electrons. The fraction of sp³-hybridized carbons (Fsp3) is 0.154. The van der Waals surface area contributed by atoms with E-state index in [1.165, 1.54) is 13.0 Å². The van der Waals surface area contributed by atoms with Crippen LogP contribution in [0.15, 0.2) is 30.3 Å². The van der Waals surface area contributed by atoms with Gasteiger partial charge >= 0.3 is 0 Å². The van der Waals surface area contributed by atoms with E-state index in [0.29, 0.717) is 11.4 Å². The second-order valence-electron chi connectivity index (χ2n) is 3.76. The van der Waals surface area contributed by atoms with Crippen LogP contribution in [-0.2, 0) is 4.79 Å². The predicted molar refractivity (Wildman–Crippen MR) is 66.5 cm³/mol. The minimum Gasteiger partial charge on any atom is -0.508 e. The van der Waals surface area contributed by atoms with E-state index >= 15 is 0 Å². The molecule has 4 heteroatoms. The molecule has 0 fully saturated rings. The first-order chi connectivity index (χ1) is 8.10. The lowest BCUT2D eigenvalue weighted by atomic mass is 10.1. The number of aromatic hydroxyl groups is 1. The predicted octanol–water partition coefficient (Wildman–Crippen LogP) is 2.51. The number of phenols is 1. The molecule has 0 aliphatic carbocycles. The molecule has 4 nitrogen and oxygen atoms in total. The van der Waals surface area contributed by atoms with Crippen molar-refractivity contribution in [1.29, 1.82) is 0 Å². The minimum atomic E-state index is -0.181. The molecule has 0 aromatic heterocycles. The van der Waals surface area contributed by atoms with Crippen molar-refractivity contribution < 1.29 is 14.6 Å². The Bertz CT molecular complexity index is 578. The zero-order chi connectivity index (χ0) is 12.4. The van der Waals surface area contributed by atoms with Crippen LogP contribution >= 0.6 is 0 Å². The van der Waals surface area contributed by atoms with Gasteiger partial charge in [-0.15, -0.1) is 0 Å². The number of carbonyl (C=O) groups is 1. The molecule has 88 valence electrons. The summed E-state index contributed by atoms with van der Waals surface area (Å²) in [6.45, 7) is 1.43. The highest BCUT2D eigenvalue weighted by molar-refractivity contribution is 6.02. The van der Waals surface area contributed by atoms with E-state index < -0.39 is 0 Å². The van der Waals surface area contributed by atoms with E-state index in [0.717, 1.165) is 10.8 Å². The Morgan fingerprint density at radius 2 is 2.06 bits per heavy atom. The van der Waals surface area contributed by atoms with Crippen molar-refractivity contribution in [1.82, 2.24) is 0 Å². The number of methoxy groups -OCH3 is 1. The molecule has 0 saturated heterocycles. The Kier molecular flexibility index (Phi) is 2.87. The van der Waals surface area contributed by atoms with Gasteiger partial charge in [-0.1, -0.05) is 6.07 Å². The van der Waals surface area contributed by atoms with Crippen molar-refractivity contribution in [3.05, 3.63) is 30.3 Å². The van der Waals surface area contributed by atoms with Gasteiger partial charge in [0.2, 0.25) is 5.91 Å². The number of benzene rings is 2. The molecule has 1 amide bonds. The number of anilines is 1. The lowest BCUT2D eigenvalue weighted by Gasteiger charge is -2.09. The van der Waals surface area contributed by atoms with Gasteiger partial charge < -0.3 is 15.2 Å². The van der Waals surface area contributed by atoms with Gasteiger partial charge in [0.1, 0.15) is 11.5 Å². The van der Waals surface area contributed by atoms with E-state index in [1.807, 2.05) is 12.1 Å². The van der Waals surface area contributed by atoms with Crippen LogP contribution in [0, 0.1) is 0 Å². The van der Waals surface area contributed by atoms with E-state index in [-0.39, 0.29) is 11.7 Å². The molecule has 0 saturated carbocycles. The smallest absolute Gasteiger partial charge is 0.221 e. The third-order valence-corrected chi connectivity index (χ3v) is 2.46. The Morgan fingerprint density at radius 1 is 1.29 bits per heavy atom. The molecular formula is C13H13NO3. The number of hydrogen-bond acceptors (Lipinski definition) is 3. The van der Waals surface area contributed by atoms with Gasteiger partial charge in [-0.05, 0) is 23.6 Å². The van der Waals surface area contributed by atoms with Crippen molar-refractivity contribution in [2.24, 2.45) is 0 Å². The van der Waals surface area contributed by atoms with Gasteiger partial charge in [0.15, 0.2) is 0 Å². The third-order valence-electron chi connectivity index (χ3n) is 2.46. The summed E-state index contributed by atoms with van der Waals surface area (Å²) in [5.74, 6) is 0.640. The number of rotatable bonds is 2. The van der Waals surface area contributed by atoms with Crippen LogP contribution in [-0.4, -0.2) is 18.1 Å². The van der Waals surface area contributed by atoms with Crippen molar-refractivity contribution in [3.63, 3.8) is 0 Å². The monoisotopic (exact) mass is 231 g/mol. The highest BCUT2D eigenvalue weighted by atomic mass is 16.5. The maximum absolute atomic E-state index is 11.1. The molecule has 0 heterocycles. The van der Waals surface area contributed by atoms with Crippen molar-refractivity contribution in [3.8, 4) is 11.5 Å². The first-order valence-electron chi connectivity index (χ1n) is 5.18. The van der Waals surface area contributed by atoms with Crippen molar-refractivity contribution in [2.75, 3.05) is 12.4 Å². The lowest BCUT2D eigenvalue weighted by molar-refractivity contribution is -0.114. The molecule has 0 atom stereocenters. The maximum Gasteiger partial charge on any atom is 0.221 e. The first kappa shape index (κ1) is 11.3. The second kappa shape index (κ2) is 4.33. The van der Waals surface area contributed by atoms with E-state index in [4.69, 9.17) is 4.74 Å². The van der Waals surface area contributed by atoms with Crippen LogP contribution < -0.4 is 10.1 Å². The molecule has 17 heavy (non-hydrogen) atoms. The molecule has 2 aromatic carbocycles. The number of ether oxygens (including phenoxy) is 1. The zero-order valence-electron chi connectivity index (χ0n) is 9.65. The summed E-state index contributed by atoms with van der Waals surface area (Å²) in [7, 11) is 1.58. The highest BCUT2D eigenvalue weighted by Gasteiger charge is 2.06. The van der Waals surface area contributed by atoms with Crippen LogP contribution in [0.3, 0.4) is 0 Å². The maximum atomic E-state index is 11.1. The van der Waals surface area contributed by atoms with Gasteiger partial charge in [0, 0.05) is 18.4 Å². The number of nitrogens with one attached hydrogen (secondary N) is 1. The molecular weight excluding hydrogens is 218 g/mol. The third kappa shape index (κ3) is 2.30. The topological polar surface area (TPSA) is 58.6 Å². The largest absolute Gasteiger partial charge is 0.508 e. The summed E-state index contributed by atoms with van der Waals surface area (Å²) >= 11 is 0. The molecule has 0 aliphatic heterocycles. The number of amides is 1. The van der Waals surface area contributed by atoms with Crippen molar-refractivity contribution in [2.45, 2.75) is 6.92 Å². The first-order valence-corrected chi connectivity index (χ1v) is 5.18. The van der Waals surface area contributed by atoms with Crippen LogP contribution in [0.2, 0.25) is 0 Å². The fourth-order valence-electron chi connectivity index (χ4n) is 1.74. The Hall–Kier alpha value is -2.23. The Balaban J connectivity index is 2.65. The summed E-state index contributed by atoms with van der Waals surface area (Å²) in [4.78, 5) is 11.1.